The van der Waals surface area contributed by atoms with Crippen LogP contribution in [0.25, 0.3) is 0 Å². The van der Waals surface area contributed by atoms with E-state index in [2.05, 4.69) is 16.3 Å². The number of Topliss-reactive ketones (excluding diaryl/α,β-unsaturated/α-hetero) is 1. The minimum Gasteiger partial charge on any atom is -0.337 e. The molecule has 0 aliphatic carbocycles. The van der Waals surface area contributed by atoms with Gasteiger partial charge in [-0.25, -0.2) is 9.89 Å². The largest absolute Gasteiger partial charge is 0.343 e. The first kappa shape index (κ1) is 19.3. The Kier molecular flexibility index (Phi) is 6.08. The van der Waals surface area contributed by atoms with Gasteiger partial charge >= 0.3 is 5.69 Å². The van der Waals surface area contributed by atoms with Crippen LogP contribution >= 0.6 is 23.5 Å². The fraction of sp³-hybridized carbons (Fsp3) is 0.333. The molecule has 3 rings (SSSR count). The number of ketones is 1. The van der Waals surface area contributed by atoms with Crippen molar-refractivity contribution < 1.29 is 4.79 Å². The molecule has 1 aliphatic heterocycles. The summed E-state index contributed by atoms with van der Waals surface area (Å²) in [5.41, 5.74) is 0.828. The van der Waals surface area contributed by atoms with E-state index in [-0.39, 0.29) is 22.8 Å². The second-order valence-corrected chi connectivity index (χ2v) is 7.92. The number of allylic oxidation sites excluding steroid dienone is 1. The van der Waals surface area contributed by atoms with Crippen LogP contribution in [0, 0.1) is 11.3 Å². The van der Waals surface area contributed by atoms with Gasteiger partial charge in [0.2, 0.25) is 0 Å². The highest BCUT2D eigenvalue weighted by Gasteiger charge is 2.28. The quantitative estimate of drug-likeness (QED) is 0.433. The van der Waals surface area contributed by atoms with E-state index in [1.807, 2.05) is 43.1 Å². The zero-order chi connectivity index (χ0) is 19.4. The van der Waals surface area contributed by atoms with Crippen molar-refractivity contribution in [2.45, 2.75) is 36.4 Å². The number of aromatic amines is 1. The maximum Gasteiger partial charge on any atom is 0.343 e. The van der Waals surface area contributed by atoms with E-state index in [0.29, 0.717) is 16.7 Å². The zero-order valence-electron chi connectivity index (χ0n) is 15.1. The average molecular weight is 402 g/mol. The van der Waals surface area contributed by atoms with Gasteiger partial charge in [-0.15, -0.1) is 5.10 Å². The minimum absolute atomic E-state index is 0.0492. The fourth-order valence-electron chi connectivity index (χ4n) is 2.68. The predicted octanol–water partition coefficient (Wildman–Crippen LogP) is 3.01. The first-order valence-electron chi connectivity index (χ1n) is 8.53. The number of fused-ring (bicyclic) bond motifs is 1. The molecule has 0 saturated heterocycles. The van der Waals surface area contributed by atoms with Crippen LogP contribution in [0.3, 0.4) is 0 Å². The Morgan fingerprint density at radius 1 is 1.41 bits per heavy atom. The number of aromatic nitrogens is 3. The SMILES string of the molecule is CCCCn1c(SCC(=O)/C(C#N)=C2\Sc3ccccc3N2C)n[nH]c1=O. The number of nitriles is 1. The number of anilines is 1. The summed E-state index contributed by atoms with van der Waals surface area (Å²) in [6, 6.07) is 9.84. The van der Waals surface area contributed by atoms with Crippen molar-refractivity contribution in [2.24, 2.45) is 0 Å². The summed E-state index contributed by atoms with van der Waals surface area (Å²) in [6.07, 6.45) is 1.81. The number of unbranched alkanes of at least 4 members (excludes halogenated alkanes) is 1. The van der Waals surface area contributed by atoms with Crippen LogP contribution in [-0.2, 0) is 11.3 Å². The van der Waals surface area contributed by atoms with Gasteiger partial charge in [0.05, 0.1) is 11.4 Å². The number of rotatable bonds is 7. The smallest absolute Gasteiger partial charge is 0.337 e. The number of nitrogens with one attached hydrogen (secondary N) is 1. The van der Waals surface area contributed by atoms with Crippen molar-refractivity contribution in [3.8, 4) is 6.07 Å². The normalized spacial score (nSPS) is 14.8. The van der Waals surface area contributed by atoms with Gasteiger partial charge < -0.3 is 4.90 Å². The fourth-order valence-corrected chi connectivity index (χ4v) is 4.69. The third-order valence-electron chi connectivity index (χ3n) is 4.13. The first-order valence-corrected chi connectivity index (χ1v) is 10.3. The molecule has 0 spiro atoms. The number of thioether (sulfide) groups is 2. The Hall–Kier alpha value is -2.44. The standard InChI is InChI=1S/C18H19N5O2S2/c1-3-4-9-23-17(25)20-21-18(23)26-11-14(24)12(10-19)16-22(2)13-7-5-6-8-15(13)27-16/h5-8H,3-4,9,11H2,1-2H3,(H,20,25)/b16-12-. The highest BCUT2D eigenvalue weighted by atomic mass is 32.2. The van der Waals surface area contributed by atoms with Gasteiger partial charge in [-0.3, -0.25) is 9.36 Å². The topological polar surface area (TPSA) is 94.8 Å². The van der Waals surface area contributed by atoms with Gasteiger partial charge in [0.15, 0.2) is 10.9 Å². The second-order valence-electron chi connectivity index (χ2n) is 5.95. The lowest BCUT2D eigenvalue weighted by Gasteiger charge is -2.14. The Morgan fingerprint density at radius 2 is 2.19 bits per heavy atom. The van der Waals surface area contributed by atoms with E-state index >= 15 is 0 Å². The number of carbonyl (C=O) groups excluding carboxylic acids is 1. The Morgan fingerprint density at radius 3 is 2.89 bits per heavy atom. The summed E-state index contributed by atoms with van der Waals surface area (Å²) >= 11 is 2.59. The molecule has 2 aromatic rings. The second kappa shape index (κ2) is 8.50. The molecule has 140 valence electrons. The van der Waals surface area contributed by atoms with E-state index < -0.39 is 0 Å². The van der Waals surface area contributed by atoms with Crippen molar-refractivity contribution in [3.63, 3.8) is 0 Å². The third kappa shape index (κ3) is 3.96. The number of H-pyrrole nitrogens is 1. The van der Waals surface area contributed by atoms with Crippen LogP contribution in [0.2, 0.25) is 0 Å². The monoisotopic (exact) mass is 401 g/mol. The summed E-state index contributed by atoms with van der Waals surface area (Å²) in [4.78, 5) is 27.4. The van der Waals surface area contributed by atoms with Crippen LogP contribution in [0.15, 0.2) is 49.7 Å². The zero-order valence-corrected chi connectivity index (χ0v) is 16.7. The van der Waals surface area contributed by atoms with Gasteiger partial charge in [-0.1, -0.05) is 49.0 Å². The average Bonchev–Trinajstić information content (AvgIpc) is 3.19. The van der Waals surface area contributed by atoms with Crippen LogP contribution in [0.4, 0.5) is 5.69 Å². The lowest BCUT2D eigenvalue weighted by Crippen LogP contribution is -2.18. The van der Waals surface area contributed by atoms with E-state index in [0.717, 1.165) is 23.4 Å². The maximum atomic E-state index is 12.7. The van der Waals surface area contributed by atoms with E-state index in [9.17, 15) is 14.9 Å². The van der Waals surface area contributed by atoms with Crippen molar-refractivity contribution in [3.05, 3.63) is 45.4 Å². The molecule has 0 fully saturated rings. The summed E-state index contributed by atoms with van der Waals surface area (Å²) in [5.74, 6) is -0.227. The molecule has 27 heavy (non-hydrogen) atoms. The molecular weight excluding hydrogens is 382 g/mol. The molecule has 1 aromatic carbocycles. The van der Waals surface area contributed by atoms with Crippen LogP contribution in [0.1, 0.15) is 19.8 Å². The molecule has 0 amide bonds. The van der Waals surface area contributed by atoms with Gasteiger partial charge in [-0.05, 0) is 18.6 Å². The molecule has 2 heterocycles. The number of para-hydroxylation sites is 1. The summed E-state index contributed by atoms with van der Waals surface area (Å²) < 4.78 is 1.53. The highest BCUT2D eigenvalue weighted by molar-refractivity contribution is 8.03. The van der Waals surface area contributed by atoms with E-state index in [1.165, 1.54) is 28.1 Å². The number of nitrogens with zero attached hydrogens (tertiary/aromatic N) is 4. The molecule has 0 atom stereocenters. The van der Waals surface area contributed by atoms with Crippen LogP contribution < -0.4 is 10.6 Å². The molecule has 1 N–H and O–H groups in total. The molecule has 7 nitrogen and oxygen atoms in total. The van der Waals surface area contributed by atoms with Crippen molar-refractivity contribution in [2.75, 3.05) is 17.7 Å². The predicted molar refractivity (Wildman–Crippen MR) is 107 cm³/mol. The number of carbonyl (C=O) groups is 1. The number of hydrogen-bond donors (Lipinski definition) is 1. The molecule has 0 bridgehead atoms. The van der Waals surface area contributed by atoms with Crippen molar-refractivity contribution in [1.29, 1.82) is 5.26 Å². The van der Waals surface area contributed by atoms with Gasteiger partial charge in [0, 0.05) is 18.5 Å². The van der Waals surface area contributed by atoms with Gasteiger partial charge in [0.1, 0.15) is 16.7 Å². The van der Waals surface area contributed by atoms with Gasteiger partial charge in [0.25, 0.3) is 0 Å². The van der Waals surface area contributed by atoms with Gasteiger partial charge in [-0.2, -0.15) is 5.26 Å². The Balaban J connectivity index is 1.76. The van der Waals surface area contributed by atoms with Crippen molar-refractivity contribution in [1.82, 2.24) is 14.8 Å². The summed E-state index contributed by atoms with van der Waals surface area (Å²) in [7, 11) is 1.85. The molecule has 1 aliphatic rings. The maximum absolute atomic E-state index is 12.7. The first-order chi connectivity index (χ1) is 13.1. The lowest BCUT2D eigenvalue weighted by atomic mass is 10.2. The molecule has 0 unspecified atom stereocenters. The minimum atomic E-state index is -0.279. The summed E-state index contributed by atoms with van der Waals surface area (Å²) in [6.45, 7) is 2.60. The lowest BCUT2D eigenvalue weighted by molar-refractivity contribution is -0.112. The Bertz CT molecular complexity index is 986. The highest BCUT2D eigenvalue weighted by Crippen LogP contribution is 2.46. The number of hydrogen-bond acceptors (Lipinski definition) is 7. The third-order valence-corrected chi connectivity index (χ3v) is 6.35. The molecule has 0 radical (unpaired) electrons. The Labute approximate surface area is 165 Å². The number of benzene rings is 1. The van der Waals surface area contributed by atoms with Crippen molar-refractivity contribution >= 4 is 35.0 Å². The van der Waals surface area contributed by atoms with E-state index in [1.54, 1.807) is 0 Å². The molecule has 9 heteroatoms. The van der Waals surface area contributed by atoms with Crippen LogP contribution in [-0.4, -0.2) is 33.3 Å². The molecular formula is C18H19N5O2S2. The van der Waals surface area contributed by atoms with Crippen LogP contribution in [0.5, 0.6) is 0 Å². The molecule has 1 aromatic heterocycles. The summed E-state index contributed by atoms with van der Waals surface area (Å²) in [5, 5.41) is 17.1. The molecule has 0 saturated carbocycles. The van der Waals surface area contributed by atoms with E-state index in [4.69, 9.17) is 0 Å².